The molecule has 4 rings (SSSR count). The predicted molar refractivity (Wildman–Crippen MR) is 118 cm³/mol. The summed E-state index contributed by atoms with van der Waals surface area (Å²) in [5, 5.41) is 0. The zero-order valence-electron chi connectivity index (χ0n) is 17.3. The van der Waals surface area contributed by atoms with Crippen molar-refractivity contribution < 1.29 is 21.6 Å². The van der Waals surface area contributed by atoms with Crippen molar-refractivity contribution in [2.75, 3.05) is 5.75 Å². The molecule has 32 heavy (non-hydrogen) atoms. The van der Waals surface area contributed by atoms with E-state index in [0.717, 1.165) is 6.07 Å². The minimum Gasteiger partial charge on any atom is -0.249 e. The number of sulfone groups is 1. The van der Waals surface area contributed by atoms with Crippen LogP contribution >= 0.6 is 0 Å². The van der Waals surface area contributed by atoms with Gasteiger partial charge in [-0.05, 0) is 30.7 Å². The second-order valence-corrected chi connectivity index (χ2v) is 9.55. The van der Waals surface area contributed by atoms with Gasteiger partial charge in [0.05, 0.1) is 33.1 Å². The quantitative estimate of drug-likeness (QED) is 0.373. The minimum absolute atomic E-state index is 0.00607. The molecule has 3 aromatic carbocycles. The Balaban J connectivity index is 1.79. The van der Waals surface area contributed by atoms with Gasteiger partial charge in [0.2, 0.25) is 0 Å². The van der Waals surface area contributed by atoms with E-state index in [4.69, 9.17) is 0 Å². The number of nitrogens with zero attached hydrogens (tertiary/aromatic N) is 2. The Hall–Kier alpha value is -3.26. The normalized spacial score (nSPS) is 12.3. The van der Waals surface area contributed by atoms with Gasteiger partial charge in [0.25, 0.3) is 0 Å². The van der Waals surface area contributed by atoms with Crippen molar-refractivity contribution in [3.8, 4) is 22.4 Å². The van der Waals surface area contributed by atoms with E-state index < -0.39 is 21.6 Å². The van der Waals surface area contributed by atoms with Crippen molar-refractivity contribution in [1.29, 1.82) is 0 Å². The molecule has 4 nitrogen and oxygen atoms in total. The number of fused-ring (bicyclic) bond motifs is 1. The number of halogens is 3. The molecule has 0 amide bonds. The molecule has 0 N–H and O–H groups in total. The molecule has 0 aliphatic rings. The zero-order chi connectivity index (χ0) is 23.1. The Kier molecular flexibility index (Phi) is 5.50. The molecule has 0 aliphatic carbocycles. The van der Waals surface area contributed by atoms with Crippen LogP contribution < -0.4 is 0 Å². The Bertz CT molecular complexity index is 1410. The molecule has 1 heterocycles. The average Bonchev–Trinajstić information content (AvgIpc) is 2.77. The number of aryl methyl sites for hydroxylation is 1. The van der Waals surface area contributed by atoms with Crippen molar-refractivity contribution in [2.45, 2.75) is 24.9 Å². The Morgan fingerprint density at radius 1 is 0.844 bits per heavy atom. The third kappa shape index (κ3) is 3.98. The third-order valence-electron chi connectivity index (χ3n) is 5.25. The third-order valence-corrected chi connectivity index (χ3v) is 7.03. The zero-order valence-corrected chi connectivity index (χ0v) is 18.1. The Labute approximate surface area is 183 Å². The van der Waals surface area contributed by atoms with Gasteiger partial charge in [0.15, 0.2) is 9.84 Å². The highest BCUT2D eigenvalue weighted by Gasteiger charge is 2.33. The molecule has 0 radical (unpaired) electrons. The summed E-state index contributed by atoms with van der Waals surface area (Å²) in [6, 6.07) is 17.7. The molecule has 0 spiro atoms. The number of benzene rings is 3. The van der Waals surface area contributed by atoms with Crippen LogP contribution in [0.4, 0.5) is 13.2 Å². The predicted octanol–water partition coefficient (Wildman–Crippen LogP) is 6.08. The first kappa shape index (κ1) is 22.0. The number of aromatic nitrogens is 2. The first-order chi connectivity index (χ1) is 15.1. The molecule has 4 aromatic rings. The van der Waals surface area contributed by atoms with Gasteiger partial charge in [-0.15, -0.1) is 0 Å². The summed E-state index contributed by atoms with van der Waals surface area (Å²) in [5.74, 6) is -0.00607. The second-order valence-electron chi connectivity index (χ2n) is 7.31. The SMILES string of the molecule is CCS(=O)(=O)c1ccccc1-c1ccc(-c2nc3cccc(C(F)(F)F)c3nc2C)cc1. The lowest BCUT2D eigenvalue weighted by atomic mass is 10.0. The number of para-hydroxylation sites is 1. The van der Waals surface area contributed by atoms with Gasteiger partial charge < -0.3 is 0 Å². The average molecular weight is 456 g/mol. The summed E-state index contributed by atoms with van der Waals surface area (Å²) in [6.45, 7) is 3.21. The van der Waals surface area contributed by atoms with Crippen molar-refractivity contribution in [2.24, 2.45) is 0 Å². The van der Waals surface area contributed by atoms with Crippen LogP contribution in [-0.4, -0.2) is 24.1 Å². The molecule has 8 heteroatoms. The van der Waals surface area contributed by atoms with E-state index in [1.807, 2.05) is 0 Å². The van der Waals surface area contributed by atoms with Crippen LogP contribution in [0.25, 0.3) is 33.4 Å². The number of rotatable bonds is 4. The lowest BCUT2D eigenvalue weighted by Crippen LogP contribution is -2.08. The lowest BCUT2D eigenvalue weighted by Gasteiger charge is -2.13. The van der Waals surface area contributed by atoms with Crippen LogP contribution in [0, 0.1) is 6.92 Å². The van der Waals surface area contributed by atoms with Crippen LogP contribution in [-0.2, 0) is 16.0 Å². The molecule has 164 valence electrons. The van der Waals surface area contributed by atoms with Crippen LogP contribution in [0.15, 0.2) is 71.6 Å². The van der Waals surface area contributed by atoms with Crippen LogP contribution in [0.3, 0.4) is 0 Å². The molecule has 0 unspecified atom stereocenters. The maximum Gasteiger partial charge on any atom is 0.418 e. The monoisotopic (exact) mass is 456 g/mol. The van der Waals surface area contributed by atoms with Gasteiger partial charge >= 0.3 is 6.18 Å². The largest absolute Gasteiger partial charge is 0.418 e. The maximum absolute atomic E-state index is 13.3. The highest BCUT2D eigenvalue weighted by Crippen LogP contribution is 2.35. The summed E-state index contributed by atoms with van der Waals surface area (Å²) in [5.41, 5.74) is 1.98. The highest BCUT2D eigenvalue weighted by atomic mass is 32.2. The fourth-order valence-corrected chi connectivity index (χ4v) is 4.72. The van der Waals surface area contributed by atoms with E-state index in [1.54, 1.807) is 62.4 Å². The molecule has 0 aliphatic heterocycles. The summed E-state index contributed by atoms with van der Waals surface area (Å²) in [4.78, 5) is 8.89. The van der Waals surface area contributed by atoms with Gasteiger partial charge in [-0.1, -0.05) is 55.5 Å². The van der Waals surface area contributed by atoms with Crippen LogP contribution in [0.5, 0.6) is 0 Å². The van der Waals surface area contributed by atoms with E-state index in [-0.39, 0.29) is 21.7 Å². The number of hydrogen-bond acceptors (Lipinski definition) is 4. The van der Waals surface area contributed by atoms with E-state index >= 15 is 0 Å². The topological polar surface area (TPSA) is 59.9 Å². The van der Waals surface area contributed by atoms with Gasteiger partial charge in [0.1, 0.15) is 5.52 Å². The molecular weight excluding hydrogens is 437 g/mol. The second kappa shape index (κ2) is 8.02. The van der Waals surface area contributed by atoms with Crippen LogP contribution in [0.1, 0.15) is 18.2 Å². The van der Waals surface area contributed by atoms with E-state index in [0.29, 0.717) is 28.1 Å². The van der Waals surface area contributed by atoms with Crippen molar-refractivity contribution in [3.63, 3.8) is 0 Å². The smallest absolute Gasteiger partial charge is 0.249 e. The highest BCUT2D eigenvalue weighted by molar-refractivity contribution is 7.91. The number of alkyl halides is 3. The molecule has 0 saturated heterocycles. The lowest BCUT2D eigenvalue weighted by molar-refractivity contribution is -0.136. The summed E-state index contributed by atoms with van der Waals surface area (Å²) in [6.07, 6.45) is -4.52. The molecule has 0 saturated carbocycles. The van der Waals surface area contributed by atoms with E-state index in [1.165, 1.54) is 12.1 Å². The van der Waals surface area contributed by atoms with Gasteiger partial charge in [0, 0.05) is 11.1 Å². The van der Waals surface area contributed by atoms with Gasteiger partial charge in [-0.2, -0.15) is 13.2 Å². The summed E-state index contributed by atoms with van der Waals surface area (Å²) < 4.78 is 64.8. The van der Waals surface area contributed by atoms with Crippen molar-refractivity contribution >= 4 is 20.9 Å². The van der Waals surface area contributed by atoms with E-state index in [2.05, 4.69) is 9.97 Å². The first-order valence-corrected chi connectivity index (χ1v) is 11.5. The molecule has 0 bridgehead atoms. The van der Waals surface area contributed by atoms with Gasteiger partial charge in [-0.3, -0.25) is 0 Å². The number of hydrogen-bond donors (Lipinski definition) is 0. The van der Waals surface area contributed by atoms with Crippen LogP contribution in [0.2, 0.25) is 0 Å². The molecular formula is C24H19F3N2O2S. The molecule has 1 aromatic heterocycles. The van der Waals surface area contributed by atoms with Gasteiger partial charge in [-0.25, -0.2) is 18.4 Å². The first-order valence-electron chi connectivity index (χ1n) is 9.89. The molecule has 0 atom stereocenters. The summed E-state index contributed by atoms with van der Waals surface area (Å²) >= 11 is 0. The fourth-order valence-electron chi connectivity index (χ4n) is 3.60. The van der Waals surface area contributed by atoms with Crippen molar-refractivity contribution in [1.82, 2.24) is 9.97 Å². The standard InChI is InChI=1S/C24H19F3N2O2S/c1-3-32(30,31)21-10-5-4-7-18(21)16-11-13-17(14-12-16)22-15(2)28-23-19(24(25,26)27)8-6-9-20(23)29-22/h4-14H,3H2,1-2H3. The minimum atomic E-state index is -4.52. The van der Waals surface area contributed by atoms with E-state index in [9.17, 15) is 21.6 Å². The summed E-state index contributed by atoms with van der Waals surface area (Å²) in [7, 11) is -3.40. The maximum atomic E-state index is 13.3. The fraction of sp³-hybridized carbons (Fsp3) is 0.167. The Morgan fingerprint density at radius 2 is 1.50 bits per heavy atom. The molecule has 0 fully saturated rings. The van der Waals surface area contributed by atoms with Crippen molar-refractivity contribution in [3.05, 3.63) is 78.0 Å². The Morgan fingerprint density at radius 3 is 2.16 bits per heavy atom.